The van der Waals surface area contributed by atoms with Gasteiger partial charge >= 0.3 is 35.9 Å². The summed E-state index contributed by atoms with van der Waals surface area (Å²) in [6.45, 7) is 4.48. The smallest absolute Gasteiger partial charge is 0.438 e. The third-order valence-corrected chi connectivity index (χ3v) is 6.10. The molecule has 0 radical (unpaired) electrons. The predicted octanol–water partition coefficient (Wildman–Crippen LogP) is 0.365. The maximum Gasteiger partial charge on any atom is 0.438 e. The molecule has 6 unspecified atom stereocenters. The Morgan fingerprint density at radius 1 is 1.09 bits per heavy atom. The molecule has 3 fully saturated rings. The van der Waals surface area contributed by atoms with Crippen molar-refractivity contribution in [1.29, 1.82) is 0 Å². The third kappa shape index (κ3) is 4.05. The molecule has 0 aliphatic carbocycles. The summed E-state index contributed by atoms with van der Waals surface area (Å²) >= 11 is 0. The normalized spacial score (nSPS) is 31.3. The second-order valence-electron chi connectivity index (χ2n) is 7.61. The summed E-state index contributed by atoms with van der Waals surface area (Å²) in [5, 5.41) is 0. The van der Waals surface area contributed by atoms with E-state index in [9.17, 15) is 53.7 Å². The van der Waals surface area contributed by atoms with Crippen LogP contribution in [0.1, 0.15) is 6.92 Å². The Bertz CT molecular complexity index is 988. The highest BCUT2D eigenvalue weighted by molar-refractivity contribution is 7.85. The molecule has 0 N–H and O–H groups in total. The van der Waals surface area contributed by atoms with Gasteiger partial charge in [-0.15, -0.1) is 0 Å². The third-order valence-electron chi connectivity index (χ3n) is 5.34. The molecular weight excluding hydrogens is 498 g/mol. The zero-order valence-electron chi connectivity index (χ0n) is 16.1. The number of alkyl halides is 6. The Hall–Kier alpha value is -2.40. The zero-order valence-corrected chi connectivity index (χ0v) is 17.0. The van der Waals surface area contributed by atoms with E-state index in [0.717, 1.165) is 0 Å². The number of halogens is 6. The number of hydrogen-bond acceptors (Lipinski definition) is 10. The first-order valence-electron chi connectivity index (χ1n) is 8.83. The molecule has 3 aliphatic rings. The van der Waals surface area contributed by atoms with Crippen molar-refractivity contribution < 1.29 is 72.6 Å². The zero-order chi connectivity index (χ0) is 25.3. The molecule has 186 valence electrons. The van der Waals surface area contributed by atoms with Crippen molar-refractivity contribution in [3.8, 4) is 0 Å². The fourth-order valence-electron chi connectivity index (χ4n) is 3.92. The number of hydrogen-bond donors (Lipinski definition) is 0. The van der Waals surface area contributed by atoms with E-state index in [0.29, 0.717) is 0 Å². The average Bonchev–Trinajstić information content (AvgIpc) is 3.21. The van der Waals surface area contributed by atoms with E-state index in [1.54, 1.807) is 0 Å². The highest BCUT2D eigenvalue weighted by Gasteiger charge is 2.77. The summed E-state index contributed by atoms with van der Waals surface area (Å²) in [5.41, 5.74) is -5.91. The van der Waals surface area contributed by atoms with Gasteiger partial charge in [-0.05, 0) is 6.92 Å². The number of ether oxygens (including phenoxy) is 4. The summed E-state index contributed by atoms with van der Waals surface area (Å²) in [5.74, 6) is -11.8. The van der Waals surface area contributed by atoms with E-state index in [1.807, 2.05) is 0 Å². The highest BCUT2D eigenvalue weighted by atomic mass is 32.2. The Morgan fingerprint density at radius 2 is 1.64 bits per heavy atom. The fraction of sp³-hybridized carbons (Fsp3) is 0.688. The molecule has 3 saturated heterocycles. The first kappa shape index (κ1) is 25.2. The van der Waals surface area contributed by atoms with Crippen molar-refractivity contribution in [3.05, 3.63) is 12.2 Å². The lowest BCUT2D eigenvalue weighted by molar-refractivity contribution is -0.362. The van der Waals surface area contributed by atoms with Crippen molar-refractivity contribution in [2.45, 2.75) is 49.3 Å². The minimum absolute atomic E-state index is 0.174. The van der Waals surface area contributed by atoms with Crippen LogP contribution in [-0.2, 0) is 43.4 Å². The van der Waals surface area contributed by atoms with Crippen LogP contribution in [0.3, 0.4) is 0 Å². The van der Waals surface area contributed by atoms with Crippen LogP contribution in [0, 0.1) is 11.8 Å². The van der Waals surface area contributed by atoms with Crippen molar-refractivity contribution >= 4 is 28.0 Å². The molecule has 0 saturated carbocycles. The highest BCUT2D eigenvalue weighted by Crippen LogP contribution is 2.53. The van der Waals surface area contributed by atoms with Crippen molar-refractivity contribution in [2.24, 2.45) is 11.8 Å². The molecular formula is C16H13F6O10S-. The van der Waals surface area contributed by atoms with Gasteiger partial charge in [0.15, 0.2) is 12.2 Å². The molecule has 0 aromatic carbocycles. The number of carbonyl (C=O) groups is 3. The van der Waals surface area contributed by atoms with Crippen molar-refractivity contribution in [2.75, 3.05) is 5.75 Å². The van der Waals surface area contributed by atoms with Crippen LogP contribution in [0.25, 0.3) is 0 Å². The minimum Gasteiger partial charge on any atom is -0.748 e. The Morgan fingerprint density at radius 3 is 2.09 bits per heavy atom. The van der Waals surface area contributed by atoms with E-state index < -0.39 is 88.0 Å². The van der Waals surface area contributed by atoms with Crippen LogP contribution in [0.4, 0.5) is 26.3 Å². The molecule has 6 atom stereocenters. The molecule has 0 aromatic heterocycles. The quantitative estimate of drug-likeness (QED) is 0.161. The average molecular weight is 511 g/mol. The lowest BCUT2D eigenvalue weighted by Gasteiger charge is -2.38. The minimum atomic E-state index is -6.60. The van der Waals surface area contributed by atoms with Crippen LogP contribution < -0.4 is 0 Å². The van der Waals surface area contributed by atoms with E-state index >= 15 is 0 Å². The molecule has 2 bridgehead atoms. The lowest BCUT2D eigenvalue weighted by atomic mass is 9.78. The molecule has 10 nitrogen and oxygen atoms in total. The molecule has 17 heteroatoms. The topological polar surface area (TPSA) is 145 Å². The van der Waals surface area contributed by atoms with Crippen LogP contribution >= 0.6 is 0 Å². The van der Waals surface area contributed by atoms with Gasteiger partial charge in [-0.3, -0.25) is 9.59 Å². The van der Waals surface area contributed by atoms with E-state index in [4.69, 9.17) is 14.2 Å². The predicted molar refractivity (Wildman–Crippen MR) is 85.7 cm³/mol. The first-order chi connectivity index (χ1) is 14.8. The number of esters is 3. The standard InChI is InChI=1S/C16H14F6O10S/c1-4(2)11(23)30-9-8-6(5-7(29-8)10(9)31-12(5)24)13(25)32-14(15(17,18)19,16(20,21)22)3-33(26,27)28/h5-10H,1,3H2,2H3,(H,26,27,28)/p-1. The number of carbonyl (C=O) groups excluding carboxylic acids is 3. The maximum absolute atomic E-state index is 13.4. The molecule has 3 rings (SSSR count). The molecule has 33 heavy (non-hydrogen) atoms. The van der Waals surface area contributed by atoms with Gasteiger partial charge in [0.1, 0.15) is 24.0 Å². The molecule has 3 aliphatic heterocycles. The monoisotopic (exact) mass is 511 g/mol. The summed E-state index contributed by atoms with van der Waals surface area (Å²) in [4.78, 5) is 36.5. The van der Waals surface area contributed by atoms with Gasteiger partial charge in [0, 0.05) is 5.57 Å². The SMILES string of the molecule is C=C(C)C(=O)OC1C2OC(=O)C3C2OC1C3C(=O)OC(CS(=O)(=O)[O-])(C(F)(F)F)C(F)(F)F. The van der Waals surface area contributed by atoms with E-state index in [-0.39, 0.29) is 5.57 Å². The van der Waals surface area contributed by atoms with Crippen molar-refractivity contribution in [3.63, 3.8) is 0 Å². The van der Waals surface area contributed by atoms with Gasteiger partial charge in [-0.1, -0.05) is 6.58 Å². The van der Waals surface area contributed by atoms with Crippen LogP contribution in [0.5, 0.6) is 0 Å². The van der Waals surface area contributed by atoms with Gasteiger partial charge in [-0.2, -0.15) is 26.3 Å². The first-order valence-corrected chi connectivity index (χ1v) is 10.4. The lowest BCUT2D eigenvalue weighted by Crippen LogP contribution is -2.64. The van der Waals surface area contributed by atoms with Gasteiger partial charge in [0.05, 0.1) is 15.9 Å². The van der Waals surface area contributed by atoms with Crippen molar-refractivity contribution in [1.82, 2.24) is 0 Å². The molecule has 0 aromatic rings. The van der Waals surface area contributed by atoms with Gasteiger partial charge in [0.25, 0.3) is 0 Å². The second kappa shape index (κ2) is 7.56. The largest absolute Gasteiger partial charge is 0.748 e. The summed E-state index contributed by atoms with van der Waals surface area (Å²) in [7, 11) is -6.25. The summed E-state index contributed by atoms with van der Waals surface area (Å²) < 4.78 is 132. The summed E-state index contributed by atoms with van der Waals surface area (Å²) in [6, 6.07) is 0. The number of fused-ring (bicyclic) bond motifs is 1. The number of rotatable bonds is 6. The van der Waals surface area contributed by atoms with E-state index in [2.05, 4.69) is 11.3 Å². The van der Waals surface area contributed by atoms with E-state index in [1.165, 1.54) is 6.92 Å². The fourth-order valence-corrected chi connectivity index (χ4v) is 4.81. The van der Waals surface area contributed by atoms with Gasteiger partial charge in [-0.25, -0.2) is 13.2 Å². The Balaban J connectivity index is 1.99. The Labute approximate surface area is 180 Å². The second-order valence-corrected chi connectivity index (χ2v) is 9.02. The molecule has 0 spiro atoms. The van der Waals surface area contributed by atoms with Crippen LogP contribution in [-0.4, -0.2) is 79.0 Å². The van der Waals surface area contributed by atoms with Crippen LogP contribution in [0.15, 0.2) is 12.2 Å². The Kier molecular flexibility index (Phi) is 5.78. The maximum atomic E-state index is 13.4. The van der Waals surface area contributed by atoms with Gasteiger partial charge in [0.2, 0.25) is 0 Å². The summed E-state index contributed by atoms with van der Waals surface area (Å²) in [6.07, 6.45) is -19.2. The molecule has 3 heterocycles. The molecule has 0 amide bonds. The van der Waals surface area contributed by atoms with Crippen LogP contribution in [0.2, 0.25) is 0 Å². The van der Waals surface area contributed by atoms with Gasteiger partial charge < -0.3 is 23.5 Å².